The van der Waals surface area contributed by atoms with Crippen molar-refractivity contribution in [1.29, 1.82) is 0 Å². The molecule has 0 radical (unpaired) electrons. The van der Waals surface area contributed by atoms with Crippen molar-refractivity contribution < 1.29 is 18.7 Å². The van der Waals surface area contributed by atoms with E-state index in [-0.39, 0.29) is 30.2 Å². The number of carbonyl (C=O) groups is 2. The van der Waals surface area contributed by atoms with Crippen LogP contribution in [0.25, 0.3) is 11.3 Å². The van der Waals surface area contributed by atoms with Crippen molar-refractivity contribution in [1.82, 2.24) is 20.0 Å². The highest BCUT2D eigenvalue weighted by Crippen LogP contribution is 2.24. The van der Waals surface area contributed by atoms with E-state index in [1.807, 2.05) is 49.4 Å². The maximum atomic E-state index is 13.6. The maximum absolute atomic E-state index is 13.6. The molecule has 1 aliphatic heterocycles. The van der Waals surface area contributed by atoms with E-state index >= 15 is 0 Å². The normalized spacial score (nSPS) is 13.9. The molecule has 1 fully saturated rings. The van der Waals surface area contributed by atoms with Crippen LogP contribution < -0.4 is 9.64 Å². The molecule has 1 unspecified atom stereocenters. The van der Waals surface area contributed by atoms with Crippen LogP contribution in [0.5, 0.6) is 5.75 Å². The SMILES string of the molecule is COc1ccc(C(=O)N(CC(=O)N2CCN(c3ccc(-c4ccc(F)cc4)nn3)CC2)C(C)c2ccccc2)cc1. The Hall–Kier alpha value is -4.79. The molecule has 0 bridgehead atoms. The van der Waals surface area contributed by atoms with E-state index in [4.69, 9.17) is 4.74 Å². The maximum Gasteiger partial charge on any atom is 0.254 e. The third kappa shape index (κ3) is 6.51. The highest BCUT2D eigenvalue weighted by Gasteiger charge is 2.29. The molecule has 5 rings (SSSR count). The Morgan fingerprint density at radius 3 is 2.17 bits per heavy atom. The fraction of sp³-hybridized carbons (Fsp3) is 0.250. The standard InChI is InChI=1S/C32H32FN5O3/c1-23(24-6-4-3-5-7-24)38(32(40)26-10-14-28(41-2)15-11-26)22-31(39)37-20-18-36(19-21-37)30-17-16-29(34-35-30)25-8-12-27(33)13-9-25/h3-17,23H,18-22H2,1-2H3. The van der Waals surface area contributed by atoms with Crippen molar-refractivity contribution in [3.63, 3.8) is 0 Å². The van der Waals surface area contributed by atoms with Crippen LogP contribution in [0, 0.1) is 5.82 Å². The molecule has 0 saturated carbocycles. The van der Waals surface area contributed by atoms with Crippen LogP contribution in [0.15, 0.2) is 91.0 Å². The Morgan fingerprint density at radius 2 is 1.56 bits per heavy atom. The van der Waals surface area contributed by atoms with E-state index in [9.17, 15) is 14.0 Å². The Balaban J connectivity index is 1.24. The lowest BCUT2D eigenvalue weighted by atomic mass is 10.1. The number of hydrogen-bond donors (Lipinski definition) is 0. The smallest absolute Gasteiger partial charge is 0.254 e. The van der Waals surface area contributed by atoms with E-state index < -0.39 is 0 Å². The summed E-state index contributed by atoms with van der Waals surface area (Å²) < 4.78 is 18.5. The van der Waals surface area contributed by atoms with E-state index in [2.05, 4.69) is 15.1 Å². The Kier molecular flexibility index (Phi) is 8.53. The number of methoxy groups -OCH3 is 1. The van der Waals surface area contributed by atoms with E-state index in [1.54, 1.807) is 53.3 Å². The quantitative estimate of drug-likeness (QED) is 0.311. The summed E-state index contributed by atoms with van der Waals surface area (Å²) in [5.74, 6) is 0.762. The lowest BCUT2D eigenvalue weighted by Crippen LogP contribution is -2.52. The number of nitrogens with zero attached hydrogens (tertiary/aromatic N) is 5. The third-order valence-corrected chi connectivity index (χ3v) is 7.40. The zero-order chi connectivity index (χ0) is 28.8. The second kappa shape index (κ2) is 12.6. The molecule has 3 aromatic carbocycles. The minimum absolute atomic E-state index is 0.0346. The molecule has 41 heavy (non-hydrogen) atoms. The van der Waals surface area contributed by atoms with Crippen LogP contribution in [-0.2, 0) is 4.79 Å². The van der Waals surface area contributed by atoms with Crippen LogP contribution in [0.1, 0.15) is 28.9 Å². The number of carbonyl (C=O) groups excluding carboxylic acids is 2. The largest absolute Gasteiger partial charge is 0.497 e. The average molecular weight is 554 g/mol. The molecular weight excluding hydrogens is 521 g/mol. The molecule has 4 aromatic rings. The Morgan fingerprint density at radius 1 is 0.878 bits per heavy atom. The molecule has 2 heterocycles. The van der Waals surface area contributed by atoms with Crippen molar-refractivity contribution in [3.8, 4) is 17.0 Å². The van der Waals surface area contributed by atoms with Gasteiger partial charge in [0, 0.05) is 37.3 Å². The molecule has 210 valence electrons. The van der Waals surface area contributed by atoms with Crippen molar-refractivity contribution in [3.05, 3.63) is 108 Å². The summed E-state index contributed by atoms with van der Waals surface area (Å²) in [5, 5.41) is 8.67. The first-order valence-corrected chi connectivity index (χ1v) is 13.6. The van der Waals surface area contributed by atoms with Crippen molar-refractivity contribution in [2.75, 3.05) is 44.7 Å². The zero-order valence-electron chi connectivity index (χ0n) is 23.1. The van der Waals surface area contributed by atoms with Gasteiger partial charge in [0.25, 0.3) is 5.91 Å². The number of aromatic nitrogens is 2. The fourth-order valence-corrected chi connectivity index (χ4v) is 4.89. The topological polar surface area (TPSA) is 78.9 Å². The monoisotopic (exact) mass is 553 g/mol. The van der Waals surface area contributed by atoms with Gasteiger partial charge in [0.2, 0.25) is 5.91 Å². The van der Waals surface area contributed by atoms with Crippen LogP contribution in [-0.4, -0.2) is 71.6 Å². The number of piperazine rings is 1. The van der Waals surface area contributed by atoms with Crippen LogP contribution in [0.4, 0.5) is 10.2 Å². The number of rotatable bonds is 8. The zero-order valence-corrected chi connectivity index (χ0v) is 23.1. The number of ether oxygens (including phenoxy) is 1. The highest BCUT2D eigenvalue weighted by atomic mass is 19.1. The highest BCUT2D eigenvalue weighted by molar-refractivity contribution is 5.97. The molecule has 0 aliphatic carbocycles. The molecule has 0 N–H and O–H groups in total. The van der Waals surface area contributed by atoms with Crippen molar-refractivity contribution in [2.24, 2.45) is 0 Å². The number of halogens is 1. The first-order valence-electron chi connectivity index (χ1n) is 13.6. The second-order valence-corrected chi connectivity index (χ2v) is 9.90. The minimum atomic E-state index is -0.300. The second-order valence-electron chi connectivity index (χ2n) is 9.90. The molecule has 1 aliphatic rings. The van der Waals surface area contributed by atoms with E-state index in [0.717, 1.165) is 16.9 Å². The van der Waals surface area contributed by atoms with Crippen LogP contribution in [0.3, 0.4) is 0 Å². The molecule has 9 heteroatoms. The molecule has 8 nitrogen and oxygen atoms in total. The van der Waals surface area contributed by atoms with Gasteiger partial charge in [-0.1, -0.05) is 30.3 Å². The van der Waals surface area contributed by atoms with Gasteiger partial charge in [0.05, 0.1) is 18.8 Å². The molecule has 1 saturated heterocycles. The predicted octanol–water partition coefficient (Wildman–Crippen LogP) is 4.84. The number of anilines is 1. The predicted molar refractivity (Wildman–Crippen MR) is 155 cm³/mol. The lowest BCUT2D eigenvalue weighted by Gasteiger charge is -2.37. The average Bonchev–Trinajstić information content (AvgIpc) is 3.04. The van der Waals surface area contributed by atoms with Gasteiger partial charge >= 0.3 is 0 Å². The van der Waals surface area contributed by atoms with Gasteiger partial charge in [-0.2, -0.15) is 0 Å². The van der Waals surface area contributed by atoms with Gasteiger partial charge in [0.15, 0.2) is 5.82 Å². The van der Waals surface area contributed by atoms with Gasteiger partial charge in [-0.25, -0.2) is 4.39 Å². The number of benzene rings is 3. The Labute approximate surface area is 239 Å². The number of amides is 2. The first kappa shape index (κ1) is 27.8. The summed E-state index contributed by atoms with van der Waals surface area (Å²) in [6.45, 7) is 4.10. The van der Waals surface area contributed by atoms with Gasteiger partial charge in [0.1, 0.15) is 18.1 Å². The molecular formula is C32H32FN5O3. The summed E-state index contributed by atoms with van der Waals surface area (Å²) in [7, 11) is 1.58. The Bertz CT molecular complexity index is 1460. The molecule has 1 atom stereocenters. The summed E-state index contributed by atoms with van der Waals surface area (Å²) in [4.78, 5) is 32.6. The van der Waals surface area contributed by atoms with E-state index in [0.29, 0.717) is 43.2 Å². The minimum Gasteiger partial charge on any atom is -0.497 e. The molecule has 1 aromatic heterocycles. The van der Waals surface area contributed by atoms with Crippen molar-refractivity contribution >= 4 is 17.6 Å². The van der Waals surface area contributed by atoms with Gasteiger partial charge in [-0.05, 0) is 73.2 Å². The summed E-state index contributed by atoms with van der Waals surface area (Å²) in [6.07, 6.45) is 0. The van der Waals surface area contributed by atoms with Gasteiger partial charge in [-0.3, -0.25) is 9.59 Å². The summed E-state index contributed by atoms with van der Waals surface area (Å²) in [5.41, 5.74) is 2.90. The third-order valence-electron chi connectivity index (χ3n) is 7.40. The van der Waals surface area contributed by atoms with Crippen LogP contribution in [0.2, 0.25) is 0 Å². The van der Waals surface area contributed by atoms with E-state index in [1.165, 1.54) is 12.1 Å². The van der Waals surface area contributed by atoms with Crippen molar-refractivity contribution in [2.45, 2.75) is 13.0 Å². The summed E-state index contributed by atoms with van der Waals surface area (Å²) >= 11 is 0. The van der Waals surface area contributed by atoms with Crippen LogP contribution >= 0.6 is 0 Å². The fourth-order valence-electron chi connectivity index (χ4n) is 4.89. The summed E-state index contributed by atoms with van der Waals surface area (Å²) in [6, 6.07) is 26.2. The molecule has 2 amide bonds. The molecule has 0 spiro atoms. The first-order chi connectivity index (χ1) is 19.9. The van der Waals surface area contributed by atoms with Gasteiger partial charge < -0.3 is 19.4 Å². The number of hydrogen-bond acceptors (Lipinski definition) is 6. The van der Waals surface area contributed by atoms with Gasteiger partial charge in [-0.15, -0.1) is 10.2 Å². The lowest BCUT2D eigenvalue weighted by molar-refractivity contribution is -0.132.